The molecule has 2 aromatic heterocycles. The molecule has 2 amide bonds. The number of nitrogens with zero attached hydrogens (tertiary/aromatic N) is 2. The third-order valence-electron chi connectivity index (χ3n) is 6.13. The molecular weight excluding hydrogens is 406 g/mol. The summed E-state index contributed by atoms with van der Waals surface area (Å²) in [5.74, 6) is -0.0234. The van der Waals surface area contributed by atoms with Gasteiger partial charge >= 0.3 is 0 Å². The second kappa shape index (κ2) is 8.71. The summed E-state index contributed by atoms with van der Waals surface area (Å²) in [7, 11) is 0. The van der Waals surface area contributed by atoms with Crippen LogP contribution in [0.2, 0.25) is 0 Å². The molecule has 3 aromatic rings. The van der Waals surface area contributed by atoms with Crippen LogP contribution in [0.1, 0.15) is 55.4 Å². The van der Waals surface area contributed by atoms with E-state index < -0.39 is 0 Å². The first-order valence-electron chi connectivity index (χ1n) is 10.8. The van der Waals surface area contributed by atoms with Gasteiger partial charge in [0.25, 0.3) is 11.8 Å². The Kier molecular flexibility index (Phi) is 6.01. The number of nitrogens with one attached hydrogen (secondary N) is 1. The number of thiophene rings is 1. The highest BCUT2D eigenvalue weighted by molar-refractivity contribution is 7.15. The van der Waals surface area contributed by atoms with E-state index >= 15 is 0 Å². The van der Waals surface area contributed by atoms with Crippen LogP contribution in [0, 0.1) is 27.7 Å². The molecule has 0 saturated carbocycles. The Labute approximate surface area is 187 Å². The number of benzene rings is 1. The molecule has 5 nitrogen and oxygen atoms in total. The van der Waals surface area contributed by atoms with Gasteiger partial charge in [0, 0.05) is 41.0 Å². The van der Waals surface area contributed by atoms with Crippen LogP contribution in [0.5, 0.6) is 0 Å². The Balaban J connectivity index is 1.57. The molecule has 0 spiro atoms. The van der Waals surface area contributed by atoms with Crippen molar-refractivity contribution in [3.05, 3.63) is 75.4 Å². The molecule has 4 rings (SSSR count). The highest BCUT2D eigenvalue weighted by Crippen LogP contribution is 2.34. The zero-order valence-corrected chi connectivity index (χ0v) is 19.4. The molecule has 1 saturated heterocycles. The molecule has 3 heterocycles. The zero-order valence-electron chi connectivity index (χ0n) is 18.6. The number of hydrogen-bond acceptors (Lipinski definition) is 3. The fourth-order valence-electron chi connectivity index (χ4n) is 4.30. The molecule has 162 valence electrons. The number of carbonyl (C=O) groups excluding carboxylic acids is 2. The van der Waals surface area contributed by atoms with Crippen molar-refractivity contribution in [3.8, 4) is 5.00 Å². The van der Waals surface area contributed by atoms with Gasteiger partial charge in [0.15, 0.2) is 0 Å². The van der Waals surface area contributed by atoms with Crippen LogP contribution in [0.3, 0.4) is 0 Å². The summed E-state index contributed by atoms with van der Waals surface area (Å²) in [6.07, 6.45) is 1.76. The number of carbonyl (C=O) groups is 2. The lowest BCUT2D eigenvalue weighted by atomic mass is 10.0. The molecule has 1 aliphatic heterocycles. The Morgan fingerprint density at radius 3 is 2.35 bits per heavy atom. The quantitative estimate of drug-likeness (QED) is 0.640. The van der Waals surface area contributed by atoms with Gasteiger partial charge in [-0.2, -0.15) is 0 Å². The van der Waals surface area contributed by atoms with Crippen LogP contribution < -0.4 is 5.32 Å². The van der Waals surface area contributed by atoms with Crippen LogP contribution in [-0.4, -0.2) is 40.4 Å². The van der Waals surface area contributed by atoms with Gasteiger partial charge in [-0.1, -0.05) is 18.2 Å². The summed E-state index contributed by atoms with van der Waals surface area (Å²) in [4.78, 5) is 29.3. The summed E-state index contributed by atoms with van der Waals surface area (Å²) in [5, 5.41) is 4.11. The first kappa shape index (κ1) is 21.4. The highest BCUT2D eigenvalue weighted by atomic mass is 32.1. The summed E-state index contributed by atoms with van der Waals surface area (Å²) in [5.41, 5.74) is 4.74. The number of aryl methyl sites for hydroxylation is 3. The van der Waals surface area contributed by atoms with Crippen molar-refractivity contribution in [2.24, 2.45) is 0 Å². The van der Waals surface area contributed by atoms with Crippen molar-refractivity contribution >= 4 is 23.2 Å². The minimum Gasteiger partial charge on any atom is -0.348 e. The maximum absolute atomic E-state index is 13.7. The average Bonchev–Trinajstić information content (AvgIpc) is 3.25. The van der Waals surface area contributed by atoms with Gasteiger partial charge in [0.05, 0.1) is 5.56 Å². The average molecular weight is 436 g/mol. The van der Waals surface area contributed by atoms with Crippen molar-refractivity contribution < 1.29 is 9.59 Å². The lowest BCUT2D eigenvalue weighted by molar-refractivity contribution is 0.0675. The molecule has 1 atom stereocenters. The van der Waals surface area contributed by atoms with Gasteiger partial charge in [-0.05, 0) is 70.4 Å². The molecule has 31 heavy (non-hydrogen) atoms. The molecule has 0 aliphatic carbocycles. The molecule has 1 aliphatic rings. The Hall–Kier alpha value is -2.86. The molecule has 6 heteroatoms. The maximum Gasteiger partial charge on any atom is 0.257 e. The van der Waals surface area contributed by atoms with Gasteiger partial charge in [0.1, 0.15) is 5.00 Å². The van der Waals surface area contributed by atoms with Gasteiger partial charge < -0.3 is 14.8 Å². The second-order valence-electron chi connectivity index (χ2n) is 8.34. The van der Waals surface area contributed by atoms with E-state index in [1.54, 1.807) is 11.3 Å². The van der Waals surface area contributed by atoms with Crippen LogP contribution in [-0.2, 0) is 0 Å². The van der Waals surface area contributed by atoms with Gasteiger partial charge in [0.2, 0.25) is 0 Å². The zero-order chi connectivity index (χ0) is 22.1. The Morgan fingerprint density at radius 1 is 1.00 bits per heavy atom. The van der Waals surface area contributed by atoms with E-state index in [4.69, 9.17) is 0 Å². The van der Waals surface area contributed by atoms with E-state index in [0.717, 1.165) is 45.2 Å². The molecule has 0 bridgehead atoms. The lowest BCUT2D eigenvalue weighted by Crippen LogP contribution is -2.49. The first-order chi connectivity index (χ1) is 14.9. The normalized spacial score (nSPS) is 16.4. The van der Waals surface area contributed by atoms with Crippen LogP contribution >= 0.6 is 11.3 Å². The van der Waals surface area contributed by atoms with Gasteiger partial charge in [-0.25, -0.2) is 0 Å². The number of piperidine rings is 1. The first-order valence-corrected chi connectivity index (χ1v) is 11.6. The second-order valence-corrected chi connectivity index (χ2v) is 9.55. The maximum atomic E-state index is 13.7. The fourth-order valence-corrected chi connectivity index (χ4v) is 5.57. The summed E-state index contributed by atoms with van der Waals surface area (Å²) >= 11 is 1.67. The highest BCUT2D eigenvalue weighted by Gasteiger charge is 2.30. The van der Waals surface area contributed by atoms with Crippen molar-refractivity contribution in [2.75, 3.05) is 13.1 Å². The smallest absolute Gasteiger partial charge is 0.257 e. The number of likely N-dealkylation sites (tertiary alicyclic amines) is 1. The third kappa shape index (κ3) is 4.17. The third-order valence-corrected chi connectivity index (χ3v) is 7.33. The van der Waals surface area contributed by atoms with E-state index in [2.05, 4.69) is 42.8 Å². The summed E-state index contributed by atoms with van der Waals surface area (Å²) in [6, 6.07) is 13.4. The number of rotatable bonds is 4. The SMILES string of the molecule is Cc1sc(-n2c(C)ccc2C)c(C(=O)N2CCCC(NC(=O)c3ccccc3)C2)c1C. The van der Waals surface area contributed by atoms with E-state index in [9.17, 15) is 9.59 Å². The molecule has 1 unspecified atom stereocenters. The van der Waals surface area contributed by atoms with E-state index in [-0.39, 0.29) is 17.9 Å². The van der Waals surface area contributed by atoms with E-state index in [1.165, 1.54) is 0 Å². The Morgan fingerprint density at radius 2 is 1.68 bits per heavy atom. The molecule has 1 N–H and O–H groups in total. The molecule has 0 radical (unpaired) electrons. The lowest BCUT2D eigenvalue weighted by Gasteiger charge is -2.33. The van der Waals surface area contributed by atoms with E-state index in [1.807, 2.05) is 42.2 Å². The molecular formula is C25H29N3O2S. The monoisotopic (exact) mass is 435 g/mol. The van der Waals surface area contributed by atoms with Crippen molar-refractivity contribution in [1.82, 2.24) is 14.8 Å². The molecule has 1 fully saturated rings. The summed E-state index contributed by atoms with van der Waals surface area (Å²) < 4.78 is 2.18. The van der Waals surface area contributed by atoms with Crippen molar-refractivity contribution in [1.29, 1.82) is 0 Å². The topological polar surface area (TPSA) is 54.3 Å². The van der Waals surface area contributed by atoms with Crippen molar-refractivity contribution in [3.63, 3.8) is 0 Å². The minimum absolute atomic E-state index is 0.0380. The standard InChI is InChI=1S/C25H29N3O2S/c1-16-12-13-17(2)28(16)25-22(18(3)19(4)31-25)24(30)27-14-8-11-21(15-27)26-23(29)20-9-6-5-7-10-20/h5-7,9-10,12-13,21H,8,11,14-15H2,1-4H3,(H,26,29). The van der Waals surface area contributed by atoms with Gasteiger partial charge in [-0.3, -0.25) is 9.59 Å². The van der Waals surface area contributed by atoms with Crippen LogP contribution in [0.4, 0.5) is 0 Å². The van der Waals surface area contributed by atoms with Gasteiger partial charge in [-0.15, -0.1) is 11.3 Å². The number of aromatic nitrogens is 1. The van der Waals surface area contributed by atoms with Crippen molar-refractivity contribution in [2.45, 2.75) is 46.6 Å². The Bertz CT molecular complexity index is 1090. The summed E-state index contributed by atoms with van der Waals surface area (Å²) in [6.45, 7) is 9.51. The number of amides is 2. The van der Waals surface area contributed by atoms with Crippen LogP contribution in [0.25, 0.3) is 5.00 Å². The number of hydrogen-bond donors (Lipinski definition) is 1. The van der Waals surface area contributed by atoms with E-state index in [0.29, 0.717) is 18.7 Å². The predicted molar refractivity (Wildman–Crippen MR) is 125 cm³/mol. The molecule has 1 aromatic carbocycles. The fraction of sp³-hybridized carbons (Fsp3) is 0.360. The van der Waals surface area contributed by atoms with Crippen LogP contribution in [0.15, 0.2) is 42.5 Å². The largest absolute Gasteiger partial charge is 0.348 e. The minimum atomic E-state index is -0.0817. The predicted octanol–water partition coefficient (Wildman–Crippen LogP) is 4.81.